The summed E-state index contributed by atoms with van der Waals surface area (Å²) < 4.78 is 41.8. The number of nitrogens with one attached hydrogen (secondary N) is 1. The molecule has 1 aromatic carbocycles. The van der Waals surface area contributed by atoms with Gasteiger partial charge < -0.3 is 10.1 Å². The Hall–Kier alpha value is -1.56. The van der Waals surface area contributed by atoms with Crippen molar-refractivity contribution in [3.63, 3.8) is 0 Å². The zero-order valence-corrected chi connectivity index (χ0v) is 10.6. The summed E-state index contributed by atoms with van der Waals surface area (Å²) in [6, 6.07) is 4.15. The average molecular weight is 275 g/mol. The smallest absolute Gasteiger partial charge is 0.385 e. The van der Waals surface area contributed by atoms with E-state index in [1.165, 1.54) is 12.1 Å². The molecule has 0 aromatic heterocycles. The molecule has 0 spiro atoms. The van der Waals surface area contributed by atoms with E-state index < -0.39 is 11.7 Å². The number of halogens is 3. The maximum absolute atomic E-state index is 12.3. The molecule has 0 saturated carbocycles. The first-order chi connectivity index (χ1) is 8.95. The van der Waals surface area contributed by atoms with Gasteiger partial charge in [-0.25, -0.2) is 0 Å². The van der Waals surface area contributed by atoms with Crippen molar-refractivity contribution in [2.75, 3.05) is 20.3 Å². The van der Waals surface area contributed by atoms with E-state index in [1.54, 1.807) is 7.11 Å². The fraction of sp³-hybridized carbons (Fsp3) is 0.462. The van der Waals surface area contributed by atoms with Crippen LogP contribution in [-0.2, 0) is 10.9 Å². The third kappa shape index (κ3) is 5.30. The molecule has 0 unspecified atom stereocenters. The lowest BCUT2D eigenvalue weighted by molar-refractivity contribution is -0.137. The topological polar surface area (TPSA) is 38.3 Å². The first-order valence-electron chi connectivity index (χ1n) is 5.89. The summed E-state index contributed by atoms with van der Waals surface area (Å²) in [5.41, 5.74) is -0.538. The molecule has 19 heavy (non-hydrogen) atoms. The van der Waals surface area contributed by atoms with Crippen LogP contribution in [0, 0.1) is 0 Å². The number of rotatable bonds is 6. The summed E-state index contributed by atoms with van der Waals surface area (Å²) in [7, 11) is 1.60. The summed E-state index contributed by atoms with van der Waals surface area (Å²) in [6.07, 6.45) is -2.79. The molecule has 3 nitrogen and oxygen atoms in total. The average Bonchev–Trinajstić information content (AvgIpc) is 2.37. The van der Waals surface area contributed by atoms with Gasteiger partial charge in [0, 0.05) is 25.8 Å². The summed E-state index contributed by atoms with van der Waals surface area (Å²) in [4.78, 5) is 11.6. The zero-order chi connectivity index (χ0) is 14.3. The van der Waals surface area contributed by atoms with Gasteiger partial charge in [0.2, 0.25) is 0 Å². The second kappa shape index (κ2) is 7.13. The molecule has 0 aliphatic rings. The van der Waals surface area contributed by atoms with Gasteiger partial charge in [-0.05, 0) is 37.1 Å². The molecule has 0 bridgehead atoms. The van der Waals surface area contributed by atoms with Crippen LogP contribution in [0.1, 0.15) is 28.8 Å². The van der Waals surface area contributed by atoms with Crippen molar-refractivity contribution in [3.05, 3.63) is 35.4 Å². The highest BCUT2D eigenvalue weighted by Gasteiger charge is 2.30. The Bertz CT molecular complexity index is 401. The molecule has 0 aliphatic carbocycles. The minimum Gasteiger partial charge on any atom is -0.385 e. The van der Waals surface area contributed by atoms with Crippen LogP contribution in [0.15, 0.2) is 24.3 Å². The van der Waals surface area contributed by atoms with Gasteiger partial charge in [0.15, 0.2) is 0 Å². The second-order valence-electron chi connectivity index (χ2n) is 4.03. The van der Waals surface area contributed by atoms with Crippen molar-refractivity contribution in [1.82, 2.24) is 5.32 Å². The predicted molar refractivity (Wildman–Crippen MR) is 64.9 cm³/mol. The molecule has 106 valence electrons. The van der Waals surface area contributed by atoms with Crippen LogP contribution < -0.4 is 5.32 Å². The molecule has 0 fully saturated rings. The quantitative estimate of drug-likeness (QED) is 0.811. The molecule has 0 radical (unpaired) electrons. The van der Waals surface area contributed by atoms with E-state index in [-0.39, 0.29) is 11.5 Å². The van der Waals surface area contributed by atoms with Crippen LogP contribution in [0.4, 0.5) is 13.2 Å². The molecule has 0 saturated heterocycles. The lowest BCUT2D eigenvalue weighted by Crippen LogP contribution is -2.24. The molecule has 1 aromatic rings. The number of alkyl halides is 3. The number of hydrogen-bond acceptors (Lipinski definition) is 2. The molecule has 1 N–H and O–H groups in total. The molecule has 1 rings (SSSR count). The maximum Gasteiger partial charge on any atom is 0.416 e. The highest BCUT2D eigenvalue weighted by atomic mass is 19.4. The predicted octanol–water partition coefficient (Wildman–Crippen LogP) is 2.86. The standard InChI is InChI=1S/C13H16F3NO2/c1-19-9-3-2-8-17-12(18)10-4-6-11(7-5-10)13(14,15)16/h4-7H,2-3,8-9H2,1H3,(H,17,18). The molecule has 1 amide bonds. The van der Waals surface area contributed by atoms with Crippen LogP contribution in [0.2, 0.25) is 0 Å². The van der Waals surface area contributed by atoms with Gasteiger partial charge in [-0.3, -0.25) is 4.79 Å². The van der Waals surface area contributed by atoms with E-state index >= 15 is 0 Å². The third-order valence-electron chi connectivity index (χ3n) is 2.54. The number of methoxy groups -OCH3 is 1. The Morgan fingerprint density at radius 1 is 1.21 bits per heavy atom. The van der Waals surface area contributed by atoms with Crippen LogP contribution in [0.5, 0.6) is 0 Å². The van der Waals surface area contributed by atoms with Crippen molar-refractivity contribution in [1.29, 1.82) is 0 Å². The Balaban J connectivity index is 2.45. The van der Waals surface area contributed by atoms with E-state index in [2.05, 4.69) is 5.32 Å². The fourth-order valence-corrected chi connectivity index (χ4v) is 1.49. The monoisotopic (exact) mass is 275 g/mol. The number of hydrogen-bond donors (Lipinski definition) is 1. The maximum atomic E-state index is 12.3. The first kappa shape index (κ1) is 15.5. The van der Waals surface area contributed by atoms with E-state index in [1.807, 2.05) is 0 Å². The number of benzene rings is 1. The molecule has 6 heteroatoms. The largest absolute Gasteiger partial charge is 0.416 e. The number of carbonyl (C=O) groups is 1. The van der Waals surface area contributed by atoms with Crippen LogP contribution in [0.25, 0.3) is 0 Å². The minimum absolute atomic E-state index is 0.222. The number of carbonyl (C=O) groups excluding carboxylic acids is 1. The van der Waals surface area contributed by atoms with E-state index in [0.29, 0.717) is 13.2 Å². The first-order valence-corrected chi connectivity index (χ1v) is 5.89. The summed E-state index contributed by atoms with van der Waals surface area (Å²) in [6.45, 7) is 1.10. The molecular formula is C13H16F3NO2. The van der Waals surface area contributed by atoms with Crippen molar-refractivity contribution in [2.45, 2.75) is 19.0 Å². The van der Waals surface area contributed by atoms with Crippen molar-refractivity contribution >= 4 is 5.91 Å². The third-order valence-corrected chi connectivity index (χ3v) is 2.54. The number of unbranched alkanes of at least 4 members (excludes halogenated alkanes) is 1. The van der Waals surface area contributed by atoms with Gasteiger partial charge in [0.05, 0.1) is 5.56 Å². The van der Waals surface area contributed by atoms with Gasteiger partial charge in [-0.1, -0.05) is 0 Å². The van der Waals surface area contributed by atoms with Crippen molar-refractivity contribution in [2.24, 2.45) is 0 Å². The van der Waals surface area contributed by atoms with Crippen LogP contribution in [0.3, 0.4) is 0 Å². The number of amides is 1. The van der Waals surface area contributed by atoms with Crippen LogP contribution >= 0.6 is 0 Å². The van der Waals surface area contributed by atoms with Gasteiger partial charge in [-0.2, -0.15) is 13.2 Å². The van der Waals surface area contributed by atoms with Crippen molar-refractivity contribution in [3.8, 4) is 0 Å². The summed E-state index contributed by atoms with van der Waals surface area (Å²) in [5.74, 6) is -0.369. The summed E-state index contributed by atoms with van der Waals surface area (Å²) >= 11 is 0. The van der Waals surface area contributed by atoms with Gasteiger partial charge in [-0.15, -0.1) is 0 Å². The Morgan fingerprint density at radius 2 is 1.84 bits per heavy atom. The highest BCUT2D eigenvalue weighted by molar-refractivity contribution is 5.94. The van der Waals surface area contributed by atoms with E-state index in [0.717, 1.165) is 25.0 Å². The Kier molecular flexibility index (Phi) is 5.82. The molecule has 0 atom stereocenters. The minimum atomic E-state index is -4.38. The second-order valence-corrected chi connectivity index (χ2v) is 4.03. The summed E-state index contributed by atoms with van der Waals surface area (Å²) in [5, 5.41) is 2.64. The Labute approximate surface area is 109 Å². The van der Waals surface area contributed by atoms with Crippen molar-refractivity contribution < 1.29 is 22.7 Å². The zero-order valence-electron chi connectivity index (χ0n) is 10.6. The normalized spacial score (nSPS) is 11.4. The van der Waals surface area contributed by atoms with Gasteiger partial charge in [0.25, 0.3) is 5.91 Å². The Morgan fingerprint density at radius 3 is 2.37 bits per heavy atom. The van der Waals surface area contributed by atoms with E-state index in [4.69, 9.17) is 4.74 Å². The lowest BCUT2D eigenvalue weighted by atomic mass is 10.1. The number of ether oxygens (including phenoxy) is 1. The molecule has 0 heterocycles. The van der Waals surface area contributed by atoms with Gasteiger partial charge >= 0.3 is 6.18 Å². The highest BCUT2D eigenvalue weighted by Crippen LogP contribution is 2.28. The van der Waals surface area contributed by atoms with E-state index in [9.17, 15) is 18.0 Å². The fourth-order valence-electron chi connectivity index (χ4n) is 1.49. The molecule has 0 aliphatic heterocycles. The SMILES string of the molecule is COCCCCNC(=O)c1ccc(C(F)(F)F)cc1. The van der Waals surface area contributed by atoms with Crippen LogP contribution in [-0.4, -0.2) is 26.2 Å². The van der Waals surface area contributed by atoms with Gasteiger partial charge in [0.1, 0.15) is 0 Å². The lowest BCUT2D eigenvalue weighted by Gasteiger charge is -2.08. The molecular weight excluding hydrogens is 259 g/mol.